The predicted octanol–water partition coefficient (Wildman–Crippen LogP) is 3.68. The Balaban J connectivity index is 2.62. The van der Waals surface area contributed by atoms with Crippen LogP contribution < -0.4 is 5.32 Å². The third-order valence-corrected chi connectivity index (χ3v) is 4.87. The molecule has 3 heteroatoms. The molecular formula is C18H38N2O. The monoisotopic (exact) mass is 298 g/mol. The molecule has 1 aliphatic carbocycles. The summed E-state index contributed by atoms with van der Waals surface area (Å²) >= 11 is 0. The summed E-state index contributed by atoms with van der Waals surface area (Å²) in [6, 6.07) is 1.50. The first-order valence-corrected chi connectivity index (χ1v) is 9.04. The highest BCUT2D eigenvalue weighted by atomic mass is 16.5. The summed E-state index contributed by atoms with van der Waals surface area (Å²) in [5, 5.41) is 3.76. The molecule has 0 heterocycles. The van der Waals surface area contributed by atoms with Crippen molar-refractivity contribution in [3.8, 4) is 0 Å². The third-order valence-electron chi connectivity index (χ3n) is 4.87. The van der Waals surface area contributed by atoms with Crippen LogP contribution in [0.2, 0.25) is 0 Å². The van der Waals surface area contributed by atoms with Crippen molar-refractivity contribution in [1.29, 1.82) is 0 Å². The summed E-state index contributed by atoms with van der Waals surface area (Å²) in [4.78, 5) is 2.67. The van der Waals surface area contributed by atoms with Crippen LogP contribution in [0.25, 0.3) is 0 Å². The van der Waals surface area contributed by atoms with Crippen LogP contribution in [-0.2, 0) is 4.74 Å². The molecule has 0 saturated heterocycles. The molecule has 1 aliphatic rings. The van der Waals surface area contributed by atoms with E-state index in [1.165, 1.54) is 45.1 Å². The van der Waals surface area contributed by atoms with Crippen LogP contribution in [-0.4, -0.2) is 50.3 Å². The van der Waals surface area contributed by atoms with Gasteiger partial charge in [0.2, 0.25) is 0 Å². The van der Waals surface area contributed by atoms with E-state index in [-0.39, 0.29) is 0 Å². The number of hydrogen-bond acceptors (Lipinski definition) is 3. The molecule has 1 fully saturated rings. The van der Waals surface area contributed by atoms with Gasteiger partial charge in [-0.15, -0.1) is 0 Å². The zero-order valence-corrected chi connectivity index (χ0v) is 15.1. The molecule has 0 bridgehead atoms. The summed E-state index contributed by atoms with van der Waals surface area (Å²) in [5.74, 6) is 0. The molecule has 0 aromatic rings. The van der Waals surface area contributed by atoms with Gasteiger partial charge >= 0.3 is 0 Å². The van der Waals surface area contributed by atoms with Gasteiger partial charge in [0, 0.05) is 38.8 Å². The van der Waals surface area contributed by atoms with E-state index in [0.717, 1.165) is 25.7 Å². The maximum atomic E-state index is 5.34. The summed E-state index contributed by atoms with van der Waals surface area (Å²) in [6.45, 7) is 13.7. The number of rotatable bonds is 13. The minimum Gasteiger partial charge on any atom is -0.383 e. The molecule has 0 aromatic carbocycles. The number of ether oxygens (including phenoxy) is 1. The van der Waals surface area contributed by atoms with Gasteiger partial charge in [-0.2, -0.15) is 0 Å². The summed E-state index contributed by atoms with van der Waals surface area (Å²) in [7, 11) is 1.81. The van der Waals surface area contributed by atoms with Gasteiger partial charge in [0.15, 0.2) is 0 Å². The maximum Gasteiger partial charge on any atom is 0.0589 e. The van der Waals surface area contributed by atoms with E-state index >= 15 is 0 Å². The largest absolute Gasteiger partial charge is 0.383 e. The Morgan fingerprint density at radius 3 is 2.38 bits per heavy atom. The third kappa shape index (κ3) is 7.12. The molecule has 0 radical (unpaired) electrons. The molecule has 1 rings (SSSR count). The number of nitrogens with one attached hydrogen (secondary N) is 1. The Morgan fingerprint density at radius 2 is 1.90 bits per heavy atom. The van der Waals surface area contributed by atoms with Crippen molar-refractivity contribution in [2.75, 3.05) is 33.4 Å². The van der Waals surface area contributed by atoms with Gasteiger partial charge in [-0.05, 0) is 37.5 Å². The van der Waals surface area contributed by atoms with E-state index < -0.39 is 0 Å². The Kier molecular flexibility index (Phi) is 8.84. The Bertz CT molecular complexity index is 264. The van der Waals surface area contributed by atoms with E-state index in [2.05, 4.69) is 37.9 Å². The quantitative estimate of drug-likeness (QED) is 0.561. The van der Waals surface area contributed by atoms with Crippen LogP contribution in [0.1, 0.15) is 66.2 Å². The molecule has 3 nitrogen and oxygen atoms in total. The maximum absolute atomic E-state index is 5.34. The zero-order valence-electron chi connectivity index (χ0n) is 15.1. The smallest absolute Gasteiger partial charge is 0.0589 e. The Morgan fingerprint density at radius 1 is 1.24 bits per heavy atom. The lowest BCUT2D eigenvalue weighted by molar-refractivity contribution is 0.0715. The summed E-state index contributed by atoms with van der Waals surface area (Å²) in [5.41, 5.74) is 0.383. The van der Waals surface area contributed by atoms with Gasteiger partial charge in [0.1, 0.15) is 0 Å². The molecule has 0 aliphatic heterocycles. The van der Waals surface area contributed by atoms with Crippen molar-refractivity contribution in [3.05, 3.63) is 0 Å². The number of hydrogen-bond donors (Lipinski definition) is 1. The van der Waals surface area contributed by atoms with Crippen LogP contribution in [0.3, 0.4) is 0 Å². The normalized spacial score (nSPS) is 18.4. The van der Waals surface area contributed by atoms with Crippen molar-refractivity contribution < 1.29 is 4.74 Å². The second kappa shape index (κ2) is 9.81. The summed E-state index contributed by atoms with van der Waals surface area (Å²) < 4.78 is 5.34. The minimum absolute atomic E-state index is 0.383. The van der Waals surface area contributed by atoms with Crippen molar-refractivity contribution in [2.24, 2.45) is 5.41 Å². The molecule has 0 aromatic heterocycles. The van der Waals surface area contributed by atoms with E-state index in [9.17, 15) is 0 Å². The molecule has 0 spiro atoms. The molecule has 1 saturated carbocycles. The van der Waals surface area contributed by atoms with Gasteiger partial charge in [0.05, 0.1) is 6.61 Å². The second-order valence-corrected chi connectivity index (χ2v) is 7.15. The predicted molar refractivity (Wildman–Crippen MR) is 91.9 cm³/mol. The average molecular weight is 299 g/mol. The van der Waals surface area contributed by atoms with Crippen LogP contribution in [0.4, 0.5) is 0 Å². The molecular weight excluding hydrogens is 260 g/mol. The fourth-order valence-corrected chi connectivity index (χ4v) is 3.40. The van der Waals surface area contributed by atoms with Crippen LogP contribution in [0.15, 0.2) is 0 Å². The number of methoxy groups -OCH3 is 1. The molecule has 1 N–H and O–H groups in total. The van der Waals surface area contributed by atoms with Gasteiger partial charge in [-0.1, -0.05) is 34.1 Å². The first-order chi connectivity index (χ1) is 10.1. The highest BCUT2D eigenvalue weighted by molar-refractivity contribution is 4.88. The Hall–Kier alpha value is -0.120. The fourth-order valence-electron chi connectivity index (χ4n) is 3.40. The lowest BCUT2D eigenvalue weighted by Crippen LogP contribution is -2.47. The highest BCUT2D eigenvalue weighted by Crippen LogP contribution is 2.28. The van der Waals surface area contributed by atoms with E-state index in [1.807, 2.05) is 7.11 Å². The van der Waals surface area contributed by atoms with E-state index in [0.29, 0.717) is 11.5 Å². The van der Waals surface area contributed by atoms with E-state index in [4.69, 9.17) is 4.74 Å². The highest BCUT2D eigenvalue weighted by Gasteiger charge is 2.31. The zero-order chi connectivity index (χ0) is 15.7. The SMILES string of the molecule is CCCC(C)(CNC1CC1)CN(CCOC)C(CC)CC. The average Bonchev–Trinajstić information content (AvgIpc) is 3.28. The molecule has 0 amide bonds. The summed E-state index contributed by atoms with van der Waals surface area (Å²) in [6.07, 6.45) is 7.79. The van der Waals surface area contributed by atoms with Gasteiger partial charge in [0.25, 0.3) is 0 Å². The van der Waals surface area contributed by atoms with E-state index in [1.54, 1.807) is 0 Å². The van der Waals surface area contributed by atoms with Crippen molar-refractivity contribution in [3.63, 3.8) is 0 Å². The van der Waals surface area contributed by atoms with Crippen LogP contribution >= 0.6 is 0 Å². The van der Waals surface area contributed by atoms with Crippen molar-refractivity contribution in [1.82, 2.24) is 10.2 Å². The van der Waals surface area contributed by atoms with Gasteiger partial charge < -0.3 is 10.1 Å². The fraction of sp³-hybridized carbons (Fsp3) is 1.00. The lowest BCUT2D eigenvalue weighted by Gasteiger charge is -2.39. The first kappa shape index (κ1) is 18.9. The Labute approximate surface area is 132 Å². The second-order valence-electron chi connectivity index (χ2n) is 7.15. The first-order valence-electron chi connectivity index (χ1n) is 9.04. The van der Waals surface area contributed by atoms with Crippen LogP contribution in [0, 0.1) is 5.41 Å². The van der Waals surface area contributed by atoms with Crippen LogP contribution in [0.5, 0.6) is 0 Å². The molecule has 126 valence electrons. The molecule has 1 atom stereocenters. The van der Waals surface area contributed by atoms with Gasteiger partial charge in [-0.3, -0.25) is 4.90 Å². The van der Waals surface area contributed by atoms with Crippen molar-refractivity contribution >= 4 is 0 Å². The standard InChI is InChI=1S/C18H38N2O/c1-6-11-18(4,14-19-16-9-10-16)15-20(12-13-21-5)17(7-2)8-3/h16-17,19H,6-15H2,1-5H3. The molecule has 21 heavy (non-hydrogen) atoms. The topological polar surface area (TPSA) is 24.5 Å². The minimum atomic E-state index is 0.383. The number of nitrogens with zero attached hydrogens (tertiary/aromatic N) is 1. The van der Waals surface area contributed by atoms with Gasteiger partial charge in [-0.25, -0.2) is 0 Å². The van der Waals surface area contributed by atoms with Crippen molar-refractivity contribution in [2.45, 2.75) is 78.3 Å². The molecule has 1 unspecified atom stereocenters. The lowest BCUT2D eigenvalue weighted by atomic mass is 9.84.